The van der Waals surface area contributed by atoms with E-state index >= 15 is 0 Å². The molecule has 5 nitrogen and oxygen atoms in total. The van der Waals surface area contributed by atoms with Gasteiger partial charge in [0, 0.05) is 28.7 Å². The first-order chi connectivity index (χ1) is 14.2. The van der Waals surface area contributed by atoms with Gasteiger partial charge in [0.1, 0.15) is 5.25 Å². The molecular weight excluding hydrogens is 378 g/mol. The Bertz CT molecular complexity index is 1190. The Hall–Kier alpha value is -3.04. The van der Waals surface area contributed by atoms with Gasteiger partial charge < -0.3 is 4.98 Å². The van der Waals surface area contributed by atoms with E-state index in [0.29, 0.717) is 12.5 Å². The number of thioether (sulfide) groups is 1. The summed E-state index contributed by atoms with van der Waals surface area (Å²) < 4.78 is 2.24. The van der Waals surface area contributed by atoms with Crippen LogP contribution in [0.15, 0.2) is 59.9 Å². The van der Waals surface area contributed by atoms with Crippen LogP contribution >= 0.6 is 11.8 Å². The molecule has 29 heavy (non-hydrogen) atoms. The Morgan fingerprint density at radius 3 is 2.72 bits per heavy atom. The Morgan fingerprint density at radius 1 is 1.17 bits per heavy atom. The summed E-state index contributed by atoms with van der Waals surface area (Å²) in [6, 6.07) is 19.5. The Labute approximate surface area is 173 Å². The van der Waals surface area contributed by atoms with E-state index in [1.807, 2.05) is 18.3 Å². The standard InChI is InChI=1S/C23H21N5S/c1-15-6-8-16(9-7-15)12-18(13-24)29-23-27-26-22(28(23)17-10-11-17)20-14-25-21-5-3-2-4-19(20)21/h2-9,14,17-18,25H,10-12H2,1H3/t18-/m0/s1. The molecule has 2 heterocycles. The van der Waals surface area contributed by atoms with Crippen LogP contribution in [0.3, 0.4) is 0 Å². The van der Waals surface area contributed by atoms with Gasteiger partial charge >= 0.3 is 0 Å². The average Bonchev–Trinajstić information content (AvgIpc) is 3.36. The molecule has 6 heteroatoms. The third-order valence-corrected chi connectivity index (χ3v) is 6.39. The van der Waals surface area contributed by atoms with Gasteiger partial charge in [0.25, 0.3) is 0 Å². The first kappa shape index (κ1) is 18.0. The van der Waals surface area contributed by atoms with Crippen LogP contribution in [0.2, 0.25) is 0 Å². The number of aromatic amines is 1. The fourth-order valence-electron chi connectivity index (χ4n) is 3.64. The van der Waals surface area contributed by atoms with Crippen molar-refractivity contribution in [2.75, 3.05) is 0 Å². The molecule has 144 valence electrons. The molecule has 1 saturated carbocycles. The van der Waals surface area contributed by atoms with E-state index < -0.39 is 0 Å². The molecule has 0 aliphatic heterocycles. The third-order valence-electron chi connectivity index (χ3n) is 5.34. The van der Waals surface area contributed by atoms with Gasteiger partial charge in [-0.25, -0.2) is 0 Å². The van der Waals surface area contributed by atoms with Crippen LogP contribution in [0.5, 0.6) is 0 Å². The molecule has 0 spiro atoms. The van der Waals surface area contributed by atoms with Crippen LogP contribution in [0.4, 0.5) is 0 Å². The monoisotopic (exact) mass is 399 g/mol. The van der Waals surface area contributed by atoms with Crippen molar-refractivity contribution in [1.29, 1.82) is 5.26 Å². The Kier molecular flexibility index (Phi) is 4.61. The second kappa shape index (κ2) is 7.41. The third kappa shape index (κ3) is 3.54. The van der Waals surface area contributed by atoms with Gasteiger partial charge in [-0.2, -0.15) is 5.26 Å². The fourth-order valence-corrected chi connectivity index (χ4v) is 4.66. The number of H-pyrrole nitrogens is 1. The van der Waals surface area contributed by atoms with E-state index in [0.717, 1.165) is 40.3 Å². The van der Waals surface area contributed by atoms with E-state index in [1.54, 1.807) is 0 Å². The highest BCUT2D eigenvalue weighted by molar-refractivity contribution is 8.00. The minimum atomic E-state index is -0.199. The molecular formula is C23H21N5S. The second-order valence-corrected chi connectivity index (χ2v) is 8.75. The van der Waals surface area contributed by atoms with Crippen molar-refractivity contribution in [3.8, 4) is 17.5 Å². The average molecular weight is 400 g/mol. The Balaban J connectivity index is 1.46. The zero-order valence-electron chi connectivity index (χ0n) is 16.2. The van der Waals surface area contributed by atoms with E-state index in [2.05, 4.69) is 69.1 Å². The first-order valence-electron chi connectivity index (χ1n) is 9.86. The van der Waals surface area contributed by atoms with Crippen molar-refractivity contribution in [3.05, 3.63) is 65.9 Å². The highest BCUT2D eigenvalue weighted by atomic mass is 32.2. The number of aromatic nitrogens is 4. The van der Waals surface area contributed by atoms with Crippen molar-refractivity contribution in [2.45, 2.75) is 42.6 Å². The summed E-state index contributed by atoms with van der Waals surface area (Å²) in [5, 5.41) is 20.6. The molecule has 0 radical (unpaired) electrons. The predicted molar refractivity (Wildman–Crippen MR) is 116 cm³/mol. The molecule has 1 N–H and O–H groups in total. The normalized spacial score (nSPS) is 14.8. The maximum Gasteiger partial charge on any atom is 0.193 e. The van der Waals surface area contributed by atoms with Crippen LogP contribution in [-0.2, 0) is 6.42 Å². The van der Waals surface area contributed by atoms with Crippen LogP contribution < -0.4 is 0 Å². The van der Waals surface area contributed by atoms with Crippen molar-refractivity contribution >= 4 is 22.7 Å². The van der Waals surface area contributed by atoms with Gasteiger partial charge in [0.2, 0.25) is 0 Å². The summed E-state index contributed by atoms with van der Waals surface area (Å²) in [6.07, 6.45) is 4.98. The lowest BCUT2D eigenvalue weighted by Gasteiger charge is -2.11. The molecule has 1 aliphatic carbocycles. The molecule has 0 amide bonds. The number of hydrogen-bond donors (Lipinski definition) is 1. The van der Waals surface area contributed by atoms with Gasteiger partial charge in [-0.1, -0.05) is 59.8 Å². The van der Waals surface area contributed by atoms with Crippen molar-refractivity contribution < 1.29 is 0 Å². The number of rotatable bonds is 6. The zero-order chi connectivity index (χ0) is 19.8. The van der Waals surface area contributed by atoms with Crippen molar-refractivity contribution in [3.63, 3.8) is 0 Å². The largest absolute Gasteiger partial charge is 0.360 e. The Morgan fingerprint density at radius 2 is 1.97 bits per heavy atom. The van der Waals surface area contributed by atoms with Crippen molar-refractivity contribution in [2.24, 2.45) is 0 Å². The maximum absolute atomic E-state index is 9.75. The van der Waals surface area contributed by atoms with Crippen LogP contribution in [-0.4, -0.2) is 25.0 Å². The number of fused-ring (bicyclic) bond motifs is 1. The zero-order valence-corrected chi connectivity index (χ0v) is 17.0. The van der Waals surface area contributed by atoms with Gasteiger partial charge in [-0.3, -0.25) is 4.57 Å². The second-order valence-electron chi connectivity index (χ2n) is 7.58. The summed E-state index contributed by atoms with van der Waals surface area (Å²) in [6.45, 7) is 2.07. The molecule has 2 aromatic carbocycles. The molecule has 4 aromatic rings. The predicted octanol–water partition coefficient (Wildman–Crippen LogP) is 5.30. The van der Waals surface area contributed by atoms with Crippen LogP contribution in [0, 0.1) is 18.3 Å². The van der Waals surface area contributed by atoms with E-state index in [-0.39, 0.29) is 5.25 Å². The quantitative estimate of drug-likeness (QED) is 0.447. The molecule has 0 bridgehead atoms. The first-order valence-corrected chi connectivity index (χ1v) is 10.7. The number of nitrogens with one attached hydrogen (secondary N) is 1. The topological polar surface area (TPSA) is 70.3 Å². The fraction of sp³-hybridized carbons (Fsp3) is 0.261. The summed E-state index contributed by atoms with van der Waals surface area (Å²) in [7, 11) is 0. The number of para-hydroxylation sites is 1. The van der Waals surface area contributed by atoms with Crippen LogP contribution in [0.25, 0.3) is 22.3 Å². The summed E-state index contributed by atoms with van der Waals surface area (Å²) in [5.41, 5.74) is 4.56. The smallest absolute Gasteiger partial charge is 0.193 e. The van der Waals surface area contributed by atoms with Gasteiger partial charge in [-0.05, 0) is 37.8 Å². The molecule has 1 aliphatic rings. The lowest BCUT2D eigenvalue weighted by molar-refractivity contribution is 0.668. The number of hydrogen-bond acceptors (Lipinski definition) is 4. The summed E-state index contributed by atoms with van der Waals surface area (Å²) >= 11 is 1.52. The van der Waals surface area contributed by atoms with Gasteiger partial charge in [0.15, 0.2) is 11.0 Å². The molecule has 2 aromatic heterocycles. The number of aryl methyl sites for hydroxylation is 1. The lowest BCUT2D eigenvalue weighted by Crippen LogP contribution is -2.07. The maximum atomic E-state index is 9.75. The SMILES string of the molecule is Cc1ccc(C[C@@H](C#N)Sc2nnc(-c3c[nH]c4ccccc34)n2C2CC2)cc1. The minimum Gasteiger partial charge on any atom is -0.360 e. The van der Waals surface area contributed by atoms with Gasteiger partial charge in [-0.15, -0.1) is 10.2 Å². The lowest BCUT2D eigenvalue weighted by atomic mass is 10.1. The van der Waals surface area contributed by atoms with E-state index in [4.69, 9.17) is 0 Å². The van der Waals surface area contributed by atoms with E-state index in [1.165, 1.54) is 22.9 Å². The van der Waals surface area contributed by atoms with Crippen LogP contribution in [0.1, 0.15) is 30.0 Å². The van der Waals surface area contributed by atoms with Crippen molar-refractivity contribution in [1.82, 2.24) is 19.7 Å². The highest BCUT2D eigenvalue weighted by Gasteiger charge is 2.32. The summed E-state index contributed by atoms with van der Waals surface area (Å²) in [4.78, 5) is 3.33. The van der Waals surface area contributed by atoms with Gasteiger partial charge in [0.05, 0.1) is 6.07 Å². The molecule has 5 rings (SSSR count). The number of nitriles is 1. The number of nitrogens with zero attached hydrogens (tertiary/aromatic N) is 4. The number of benzene rings is 2. The molecule has 1 atom stereocenters. The van der Waals surface area contributed by atoms with E-state index in [9.17, 15) is 5.26 Å². The highest BCUT2D eigenvalue weighted by Crippen LogP contribution is 2.43. The molecule has 0 saturated heterocycles. The molecule has 1 fully saturated rings. The minimum absolute atomic E-state index is 0.199. The molecule has 0 unspecified atom stereocenters. The summed E-state index contributed by atoms with van der Waals surface area (Å²) in [5.74, 6) is 0.888.